The Morgan fingerprint density at radius 1 is 0.955 bits per heavy atom. The Kier molecular flexibility index (Phi) is 17.0. The highest BCUT2D eigenvalue weighted by atomic mass is 16.2. The molecule has 1 fully saturated rings. The monoisotopic (exact) mass is 612 g/mol. The molecule has 0 spiro atoms. The van der Waals surface area contributed by atoms with Crippen LogP contribution in [0.2, 0.25) is 0 Å². The molecule has 0 aromatic carbocycles. The average molecular weight is 613 g/mol. The van der Waals surface area contributed by atoms with Crippen molar-refractivity contribution >= 4 is 23.6 Å². The number of allylic oxidation sites excluding steroid dienone is 2. The fraction of sp³-hybridized carbons (Fsp3) is 0.667. The first kappa shape index (κ1) is 38.9. The summed E-state index contributed by atoms with van der Waals surface area (Å²) in [6.45, 7) is 25.5. The minimum atomic E-state index is -0.183. The normalized spacial score (nSPS) is 18.0. The molecule has 8 nitrogen and oxygen atoms in total. The fourth-order valence-corrected chi connectivity index (χ4v) is 6.21. The Balaban J connectivity index is 2.50. The first-order valence-electron chi connectivity index (χ1n) is 16.4. The van der Waals surface area contributed by atoms with Gasteiger partial charge in [-0.2, -0.15) is 0 Å². The van der Waals surface area contributed by atoms with E-state index in [1.54, 1.807) is 37.9 Å². The van der Waals surface area contributed by atoms with Gasteiger partial charge in [-0.15, -0.1) is 0 Å². The molecule has 44 heavy (non-hydrogen) atoms. The SMILES string of the molecule is C=CC(=O)N(C)CC(C)CC(C)(C)CCNC(=O)/C=C/C=C(\C)C(=O)N(CC)CC1CCC(CN(CC)C(=O)C(=C)C)CC1. The van der Waals surface area contributed by atoms with Crippen molar-refractivity contribution < 1.29 is 19.2 Å². The van der Waals surface area contributed by atoms with E-state index in [-0.39, 0.29) is 29.0 Å². The van der Waals surface area contributed by atoms with Crippen molar-refractivity contribution in [3.63, 3.8) is 0 Å². The summed E-state index contributed by atoms with van der Waals surface area (Å²) in [5.74, 6) is 1.06. The number of hydrogen-bond donors (Lipinski definition) is 1. The zero-order valence-electron chi connectivity index (χ0n) is 28.9. The topological polar surface area (TPSA) is 90.0 Å². The minimum Gasteiger partial charge on any atom is -0.353 e. The van der Waals surface area contributed by atoms with Gasteiger partial charge in [-0.25, -0.2) is 0 Å². The number of likely N-dealkylation sites (N-methyl/N-ethyl adjacent to an activating group) is 3. The van der Waals surface area contributed by atoms with E-state index in [1.807, 2.05) is 23.6 Å². The first-order chi connectivity index (χ1) is 20.6. The van der Waals surface area contributed by atoms with Gasteiger partial charge in [0.05, 0.1) is 0 Å². The van der Waals surface area contributed by atoms with E-state index < -0.39 is 0 Å². The lowest BCUT2D eigenvalue weighted by molar-refractivity contribution is -0.129. The lowest BCUT2D eigenvalue weighted by atomic mass is 9.80. The Labute approximate surface area is 267 Å². The van der Waals surface area contributed by atoms with Crippen molar-refractivity contribution in [3.05, 3.63) is 48.6 Å². The van der Waals surface area contributed by atoms with Crippen LogP contribution in [-0.4, -0.2) is 84.6 Å². The quantitative estimate of drug-likeness (QED) is 0.157. The summed E-state index contributed by atoms with van der Waals surface area (Å²) in [6, 6.07) is 0. The van der Waals surface area contributed by atoms with Crippen LogP contribution in [0.5, 0.6) is 0 Å². The Morgan fingerprint density at radius 3 is 1.95 bits per heavy atom. The van der Waals surface area contributed by atoms with Gasteiger partial charge >= 0.3 is 0 Å². The van der Waals surface area contributed by atoms with Crippen LogP contribution >= 0.6 is 0 Å². The molecule has 0 saturated heterocycles. The zero-order valence-corrected chi connectivity index (χ0v) is 28.9. The second-order valence-corrected chi connectivity index (χ2v) is 13.5. The van der Waals surface area contributed by atoms with Gasteiger partial charge in [0, 0.05) is 63.5 Å². The van der Waals surface area contributed by atoms with Crippen molar-refractivity contribution in [2.24, 2.45) is 23.2 Å². The number of nitrogens with one attached hydrogen (secondary N) is 1. The molecule has 1 N–H and O–H groups in total. The summed E-state index contributed by atoms with van der Waals surface area (Å²) in [7, 11) is 1.79. The molecule has 1 saturated carbocycles. The highest BCUT2D eigenvalue weighted by Crippen LogP contribution is 2.31. The number of carbonyl (C=O) groups excluding carboxylic acids is 4. The Morgan fingerprint density at radius 2 is 1.48 bits per heavy atom. The van der Waals surface area contributed by atoms with Crippen molar-refractivity contribution in [3.8, 4) is 0 Å². The maximum atomic E-state index is 13.1. The van der Waals surface area contributed by atoms with E-state index in [4.69, 9.17) is 0 Å². The van der Waals surface area contributed by atoms with Crippen molar-refractivity contribution in [2.45, 2.75) is 87.0 Å². The van der Waals surface area contributed by atoms with Gasteiger partial charge in [0.15, 0.2) is 0 Å². The fourth-order valence-electron chi connectivity index (χ4n) is 6.21. The molecule has 1 rings (SSSR count). The smallest absolute Gasteiger partial charge is 0.249 e. The minimum absolute atomic E-state index is 0.000184. The van der Waals surface area contributed by atoms with Crippen molar-refractivity contribution in [1.29, 1.82) is 0 Å². The van der Waals surface area contributed by atoms with Crippen LogP contribution in [0.1, 0.15) is 87.0 Å². The Bertz CT molecular complexity index is 1050. The van der Waals surface area contributed by atoms with Gasteiger partial charge in [0.1, 0.15) is 0 Å². The van der Waals surface area contributed by atoms with Crippen LogP contribution in [0.15, 0.2) is 48.6 Å². The third kappa shape index (κ3) is 14.1. The van der Waals surface area contributed by atoms with E-state index in [9.17, 15) is 19.2 Å². The first-order valence-corrected chi connectivity index (χ1v) is 16.4. The summed E-state index contributed by atoms with van der Waals surface area (Å²) in [5, 5.41) is 2.95. The summed E-state index contributed by atoms with van der Waals surface area (Å²) < 4.78 is 0. The maximum absolute atomic E-state index is 13.1. The van der Waals surface area contributed by atoms with Crippen LogP contribution in [-0.2, 0) is 19.2 Å². The largest absolute Gasteiger partial charge is 0.353 e. The number of nitrogens with zero attached hydrogens (tertiary/aromatic N) is 3. The third-order valence-electron chi connectivity index (χ3n) is 8.70. The van der Waals surface area contributed by atoms with E-state index in [0.717, 1.165) is 51.6 Å². The lowest BCUT2D eigenvalue weighted by Crippen LogP contribution is -2.39. The average Bonchev–Trinajstić information content (AvgIpc) is 2.97. The van der Waals surface area contributed by atoms with E-state index in [0.29, 0.717) is 55.1 Å². The predicted molar refractivity (Wildman–Crippen MR) is 181 cm³/mol. The molecule has 1 aliphatic carbocycles. The molecule has 248 valence electrons. The van der Waals surface area contributed by atoms with Gasteiger partial charge in [0.2, 0.25) is 23.6 Å². The molecule has 0 aromatic heterocycles. The zero-order chi connectivity index (χ0) is 33.4. The number of hydrogen-bond acceptors (Lipinski definition) is 4. The van der Waals surface area contributed by atoms with Crippen LogP contribution in [0.4, 0.5) is 0 Å². The molecule has 0 aromatic rings. The van der Waals surface area contributed by atoms with Crippen LogP contribution in [0, 0.1) is 23.2 Å². The van der Waals surface area contributed by atoms with Gasteiger partial charge in [-0.05, 0) is 95.5 Å². The number of carbonyl (C=O) groups is 4. The second kappa shape index (κ2) is 19.3. The number of rotatable bonds is 18. The molecule has 0 heterocycles. The van der Waals surface area contributed by atoms with E-state index in [2.05, 4.69) is 39.2 Å². The molecule has 4 amide bonds. The van der Waals surface area contributed by atoms with Gasteiger partial charge < -0.3 is 20.0 Å². The maximum Gasteiger partial charge on any atom is 0.249 e. The molecule has 8 heteroatoms. The molecule has 1 unspecified atom stereocenters. The highest BCUT2D eigenvalue weighted by molar-refractivity contribution is 5.94. The second-order valence-electron chi connectivity index (χ2n) is 13.5. The summed E-state index contributed by atoms with van der Waals surface area (Å²) in [6.07, 6.45) is 12.1. The van der Waals surface area contributed by atoms with E-state index in [1.165, 1.54) is 12.2 Å². The molecule has 0 radical (unpaired) electrons. The molecule has 1 atom stereocenters. The van der Waals surface area contributed by atoms with Gasteiger partial charge in [0.25, 0.3) is 0 Å². The van der Waals surface area contributed by atoms with Crippen molar-refractivity contribution in [2.75, 3.05) is 46.3 Å². The summed E-state index contributed by atoms with van der Waals surface area (Å²) in [4.78, 5) is 55.1. The summed E-state index contributed by atoms with van der Waals surface area (Å²) >= 11 is 0. The molecular weight excluding hydrogens is 552 g/mol. The predicted octanol–water partition coefficient (Wildman–Crippen LogP) is 5.77. The molecular formula is C36H60N4O4. The standard InChI is InChI=1S/C36H60N4O4/c1-11-33(42)38(10)24-28(6)23-36(8,9)21-22-37-32(41)16-14-15-29(7)35(44)40(13-3)26-31-19-17-30(18-20-31)25-39(12-2)34(43)27(4)5/h11,14-16,28,30-31H,1,4,12-13,17-26H2,2-3,5-10H3,(H,37,41)/b16-14+,29-15+. The molecule has 0 bridgehead atoms. The van der Waals surface area contributed by atoms with Gasteiger partial charge in [-0.1, -0.05) is 46.1 Å². The summed E-state index contributed by atoms with van der Waals surface area (Å²) in [5.41, 5.74) is 1.21. The highest BCUT2D eigenvalue weighted by Gasteiger charge is 2.27. The Hall–Kier alpha value is -3.16. The van der Waals surface area contributed by atoms with E-state index >= 15 is 0 Å². The lowest BCUT2D eigenvalue weighted by Gasteiger charge is -2.34. The molecule has 1 aliphatic rings. The number of amides is 4. The van der Waals surface area contributed by atoms with Gasteiger partial charge in [-0.3, -0.25) is 19.2 Å². The van der Waals surface area contributed by atoms with Crippen LogP contribution < -0.4 is 5.32 Å². The van der Waals surface area contributed by atoms with Crippen molar-refractivity contribution in [1.82, 2.24) is 20.0 Å². The van der Waals surface area contributed by atoms with Crippen LogP contribution in [0.25, 0.3) is 0 Å². The third-order valence-corrected chi connectivity index (χ3v) is 8.70. The van der Waals surface area contributed by atoms with Crippen LogP contribution in [0.3, 0.4) is 0 Å². The molecule has 0 aliphatic heterocycles.